The lowest BCUT2D eigenvalue weighted by atomic mass is 9.99. The third kappa shape index (κ3) is 1.94. The van der Waals surface area contributed by atoms with Gasteiger partial charge in [-0.15, -0.1) is 0 Å². The van der Waals surface area contributed by atoms with Gasteiger partial charge in [0.1, 0.15) is 0 Å². The number of ketones is 2. The van der Waals surface area contributed by atoms with E-state index in [0.717, 1.165) is 24.7 Å². The summed E-state index contributed by atoms with van der Waals surface area (Å²) in [5, 5.41) is 0. The van der Waals surface area contributed by atoms with Crippen LogP contribution >= 0.6 is 0 Å². The summed E-state index contributed by atoms with van der Waals surface area (Å²) in [6.45, 7) is 2.00. The first-order chi connectivity index (χ1) is 8.58. The van der Waals surface area contributed by atoms with Gasteiger partial charge in [0.05, 0.1) is 13.0 Å². The molecule has 0 heterocycles. The second kappa shape index (κ2) is 4.72. The van der Waals surface area contributed by atoms with Crippen molar-refractivity contribution in [2.45, 2.75) is 19.8 Å². The molecule has 1 aromatic carbocycles. The molecule has 1 aliphatic rings. The molecular formula is C14H14O4. The SMILES string of the molecule is CCc1ccc2c(c1)C(=O)C(C(=O)C(=O)OC)C2. The Morgan fingerprint density at radius 3 is 2.72 bits per heavy atom. The summed E-state index contributed by atoms with van der Waals surface area (Å²) in [7, 11) is 1.14. The maximum Gasteiger partial charge on any atom is 0.375 e. The van der Waals surface area contributed by atoms with Crippen molar-refractivity contribution in [1.82, 2.24) is 0 Å². The van der Waals surface area contributed by atoms with Gasteiger partial charge < -0.3 is 4.74 Å². The minimum Gasteiger partial charge on any atom is -0.463 e. The van der Waals surface area contributed by atoms with Crippen LogP contribution in [0.5, 0.6) is 0 Å². The van der Waals surface area contributed by atoms with Gasteiger partial charge in [-0.05, 0) is 30.0 Å². The minimum absolute atomic E-state index is 0.268. The van der Waals surface area contributed by atoms with Crippen LogP contribution in [0.25, 0.3) is 0 Å². The van der Waals surface area contributed by atoms with Crippen LogP contribution in [0.15, 0.2) is 18.2 Å². The minimum atomic E-state index is -0.947. The number of carbonyl (C=O) groups is 3. The number of ether oxygens (including phenoxy) is 1. The van der Waals surface area contributed by atoms with E-state index in [2.05, 4.69) is 4.74 Å². The van der Waals surface area contributed by atoms with Crippen LogP contribution in [-0.2, 0) is 27.2 Å². The van der Waals surface area contributed by atoms with Gasteiger partial charge in [-0.25, -0.2) is 4.79 Å². The van der Waals surface area contributed by atoms with E-state index >= 15 is 0 Å². The fourth-order valence-corrected chi connectivity index (χ4v) is 2.21. The van der Waals surface area contributed by atoms with E-state index in [1.54, 1.807) is 0 Å². The number of hydrogen-bond donors (Lipinski definition) is 0. The lowest BCUT2D eigenvalue weighted by Crippen LogP contribution is -2.29. The molecule has 0 bridgehead atoms. The number of rotatable bonds is 3. The van der Waals surface area contributed by atoms with Crippen molar-refractivity contribution in [2.75, 3.05) is 7.11 Å². The first-order valence-corrected chi connectivity index (χ1v) is 5.86. The van der Waals surface area contributed by atoms with E-state index in [1.165, 1.54) is 0 Å². The van der Waals surface area contributed by atoms with Gasteiger partial charge in [0.2, 0.25) is 0 Å². The number of Topliss-reactive ketones (excluding diaryl/α,β-unsaturated/α-hetero) is 2. The maximum absolute atomic E-state index is 12.1. The van der Waals surface area contributed by atoms with Gasteiger partial charge in [0, 0.05) is 5.56 Å². The lowest BCUT2D eigenvalue weighted by Gasteiger charge is -2.03. The topological polar surface area (TPSA) is 60.4 Å². The Balaban J connectivity index is 2.30. The van der Waals surface area contributed by atoms with Crippen molar-refractivity contribution in [2.24, 2.45) is 5.92 Å². The first-order valence-electron chi connectivity index (χ1n) is 5.86. The standard InChI is InChI=1S/C14H14O4/c1-3-8-4-5-9-7-11(12(15)10(9)6-8)13(16)14(17)18-2/h4-6,11H,3,7H2,1-2H3. The van der Waals surface area contributed by atoms with Gasteiger partial charge in [-0.2, -0.15) is 0 Å². The summed E-state index contributed by atoms with van der Waals surface area (Å²) >= 11 is 0. The Morgan fingerprint density at radius 2 is 2.11 bits per heavy atom. The highest BCUT2D eigenvalue weighted by molar-refractivity contribution is 6.40. The van der Waals surface area contributed by atoms with Crippen LogP contribution in [0.3, 0.4) is 0 Å². The fraction of sp³-hybridized carbons (Fsp3) is 0.357. The molecule has 1 atom stereocenters. The number of benzene rings is 1. The molecule has 94 valence electrons. The van der Waals surface area contributed by atoms with Crippen molar-refractivity contribution < 1.29 is 19.1 Å². The van der Waals surface area contributed by atoms with Crippen LogP contribution in [0.4, 0.5) is 0 Å². The molecule has 0 saturated carbocycles. The van der Waals surface area contributed by atoms with E-state index in [0.29, 0.717) is 12.0 Å². The predicted molar refractivity (Wildman–Crippen MR) is 64.4 cm³/mol. The molecule has 1 aliphatic carbocycles. The van der Waals surface area contributed by atoms with Gasteiger partial charge in [0.15, 0.2) is 5.78 Å². The van der Waals surface area contributed by atoms with Crippen molar-refractivity contribution in [3.8, 4) is 0 Å². The molecule has 0 saturated heterocycles. The summed E-state index contributed by atoms with van der Waals surface area (Å²) < 4.78 is 4.38. The zero-order valence-corrected chi connectivity index (χ0v) is 10.4. The van der Waals surface area contributed by atoms with Crippen molar-refractivity contribution in [3.05, 3.63) is 34.9 Å². The number of hydrogen-bond acceptors (Lipinski definition) is 4. The molecule has 0 amide bonds. The zero-order valence-electron chi connectivity index (χ0n) is 10.4. The molecule has 0 radical (unpaired) electrons. The van der Waals surface area contributed by atoms with E-state index in [1.807, 2.05) is 25.1 Å². The third-order valence-corrected chi connectivity index (χ3v) is 3.29. The molecule has 1 unspecified atom stereocenters. The smallest absolute Gasteiger partial charge is 0.375 e. The average Bonchev–Trinajstić information content (AvgIpc) is 2.73. The molecule has 2 rings (SSSR count). The van der Waals surface area contributed by atoms with E-state index < -0.39 is 17.7 Å². The Labute approximate surface area is 105 Å². The molecule has 0 aliphatic heterocycles. The Hall–Kier alpha value is -1.97. The summed E-state index contributed by atoms with van der Waals surface area (Å²) in [5.74, 6) is -2.87. The summed E-state index contributed by atoms with van der Waals surface area (Å²) in [5.41, 5.74) is 2.45. The van der Waals surface area contributed by atoms with Crippen LogP contribution in [-0.4, -0.2) is 24.6 Å². The number of aryl methyl sites for hydroxylation is 1. The number of fused-ring (bicyclic) bond motifs is 1. The quantitative estimate of drug-likeness (QED) is 0.459. The molecule has 1 aromatic rings. The molecule has 0 spiro atoms. The van der Waals surface area contributed by atoms with Gasteiger partial charge in [-0.1, -0.05) is 19.1 Å². The number of esters is 1. The average molecular weight is 246 g/mol. The third-order valence-electron chi connectivity index (χ3n) is 3.29. The Bertz CT molecular complexity index is 531. The predicted octanol–water partition coefficient (Wildman–Crippen LogP) is 1.35. The normalized spacial score (nSPS) is 17.4. The van der Waals surface area contributed by atoms with Crippen LogP contribution in [0, 0.1) is 5.92 Å². The number of methoxy groups -OCH3 is 1. The van der Waals surface area contributed by atoms with Gasteiger partial charge >= 0.3 is 5.97 Å². The van der Waals surface area contributed by atoms with Crippen LogP contribution in [0.1, 0.15) is 28.4 Å². The Morgan fingerprint density at radius 1 is 1.39 bits per heavy atom. The summed E-state index contributed by atoms with van der Waals surface area (Å²) in [6, 6.07) is 5.61. The van der Waals surface area contributed by atoms with E-state index in [9.17, 15) is 14.4 Å². The largest absolute Gasteiger partial charge is 0.463 e. The molecule has 0 N–H and O–H groups in total. The van der Waals surface area contributed by atoms with Crippen molar-refractivity contribution in [1.29, 1.82) is 0 Å². The van der Waals surface area contributed by atoms with E-state index in [-0.39, 0.29) is 5.78 Å². The highest BCUT2D eigenvalue weighted by atomic mass is 16.5. The molecule has 0 aromatic heterocycles. The molecular weight excluding hydrogens is 232 g/mol. The van der Waals surface area contributed by atoms with E-state index in [4.69, 9.17) is 0 Å². The van der Waals surface area contributed by atoms with Crippen molar-refractivity contribution >= 4 is 17.5 Å². The second-order valence-electron chi connectivity index (χ2n) is 4.32. The molecule has 0 fully saturated rings. The second-order valence-corrected chi connectivity index (χ2v) is 4.32. The van der Waals surface area contributed by atoms with Gasteiger partial charge in [-0.3, -0.25) is 9.59 Å². The highest BCUT2D eigenvalue weighted by Gasteiger charge is 2.39. The zero-order chi connectivity index (χ0) is 13.3. The molecule has 18 heavy (non-hydrogen) atoms. The molecule has 4 heteroatoms. The fourth-order valence-electron chi connectivity index (χ4n) is 2.21. The summed E-state index contributed by atoms with van der Waals surface area (Å²) in [6.07, 6.45) is 1.13. The maximum atomic E-state index is 12.1. The molecule has 4 nitrogen and oxygen atoms in total. The van der Waals surface area contributed by atoms with Crippen molar-refractivity contribution in [3.63, 3.8) is 0 Å². The monoisotopic (exact) mass is 246 g/mol. The lowest BCUT2D eigenvalue weighted by molar-refractivity contribution is -0.152. The van der Waals surface area contributed by atoms with Crippen LogP contribution in [0.2, 0.25) is 0 Å². The van der Waals surface area contributed by atoms with Crippen LogP contribution < -0.4 is 0 Å². The highest BCUT2D eigenvalue weighted by Crippen LogP contribution is 2.28. The Kier molecular flexibility index (Phi) is 3.28. The van der Waals surface area contributed by atoms with Gasteiger partial charge in [0.25, 0.3) is 5.78 Å². The summed E-state index contributed by atoms with van der Waals surface area (Å²) in [4.78, 5) is 35.0. The number of carbonyl (C=O) groups excluding carboxylic acids is 3. The first kappa shape index (κ1) is 12.5.